The Balaban J connectivity index is 1.76. The van der Waals surface area contributed by atoms with E-state index in [0.717, 1.165) is 54.5 Å². The smallest absolute Gasteiger partial charge is 0.335 e. The highest BCUT2D eigenvalue weighted by molar-refractivity contribution is 5.88. The van der Waals surface area contributed by atoms with Crippen LogP contribution in [0.4, 0.5) is 0 Å². The van der Waals surface area contributed by atoms with Gasteiger partial charge in [0.05, 0.1) is 17.7 Å². The molecule has 0 fully saturated rings. The van der Waals surface area contributed by atoms with Crippen LogP contribution in [-0.2, 0) is 12.8 Å². The van der Waals surface area contributed by atoms with Crippen LogP contribution in [0.1, 0.15) is 63.6 Å². The van der Waals surface area contributed by atoms with Crippen LogP contribution in [0.5, 0.6) is 5.75 Å². The molecule has 182 valence electrons. The molecule has 0 aliphatic heterocycles. The number of rotatable bonds is 13. The van der Waals surface area contributed by atoms with Gasteiger partial charge in [0.2, 0.25) is 0 Å². The zero-order valence-electron chi connectivity index (χ0n) is 20.0. The lowest BCUT2D eigenvalue weighted by molar-refractivity contribution is 0.0686. The van der Waals surface area contributed by atoms with Crippen molar-refractivity contribution in [3.63, 3.8) is 0 Å². The molecule has 35 heavy (non-hydrogen) atoms. The lowest BCUT2D eigenvalue weighted by Crippen LogP contribution is -2.05. The highest BCUT2D eigenvalue weighted by Crippen LogP contribution is 2.24. The van der Waals surface area contributed by atoms with Crippen LogP contribution in [-0.4, -0.2) is 28.8 Å². The molecule has 3 aromatic carbocycles. The number of benzene rings is 3. The molecule has 0 aliphatic rings. The Bertz CT molecular complexity index is 1130. The average molecular weight is 473 g/mol. The molecule has 0 aliphatic carbocycles. The van der Waals surface area contributed by atoms with E-state index < -0.39 is 11.9 Å². The SMILES string of the molecule is CCCCOc1ccccc1/C=C/C(CCc1ccc(C(=O)O)cc1)Cc1ccc(C(=O)O)cc1. The Morgan fingerprint density at radius 1 is 0.857 bits per heavy atom. The Kier molecular flexibility index (Phi) is 9.67. The molecule has 3 rings (SSSR count). The van der Waals surface area contributed by atoms with Crippen LogP contribution in [0, 0.1) is 5.92 Å². The number of para-hydroxylation sites is 1. The summed E-state index contributed by atoms with van der Waals surface area (Å²) >= 11 is 0. The monoisotopic (exact) mass is 472 g/mol. The van der Waals surface area contributed by atoms with Crippen LogP contribution in [0.15, 0.2) is 78.9 Å². The van der Waals surface area contributed by atoms with E-state index in [4.69, 9.17) is 9.84 Å². The number of aromatic carboxylic acids is 2. The normalized spacial score (nSPS) is 11.9. The zero-order valence-corrected chi connectivity index (χ0v) is 20.0. The van der Waals surface area contributed by atoms with E-state index in [1.807, 2.05) is 48.5 Å². The third-order valence-electron chi connectivity index (χ3n) is 5.93. The summed E-state index contributed by atoms with van der Waals surface area (Å²) < 4.78 is 5.97. The number of carboxylic acid groups (broad SMARTS) is 2. The second-order valence-electron chi connectivity index (χ2n) is 8.61. The Labute approximate surface area is 206 Å². The highest BCUT2D eigenvalue weighted by Gasteiger charge is 2.10. The molecule has 0 aromatic heterocycles. The standard InChI is InChI=1S/C30H32O5/c1-2-3-20-35-28-7-5-4-6-25(28)15-12-23(21-24-13-18-27(19-14-24)30(33)34)9-8-22-10-16-26(17-11-22)29(31)32/h4-7,10-19,23H,2-3,8-9,20-21H2,1H3,(H,31,32)(H,33,34)/b15-12+. The number of unbranched alkanes of at least 4 members (excludes halogenated alkanes) is 1. The first-order chi connectivity index (χ1) is 17.0. The maximum atomic E-state index is 11.2. The Morgan fingerprint density at radius 2 is 1.46 bits per heavy atom. The van der Waals surface area contributed by atoms with E-state index in [1.165, 1.54) is 0 Å². The van der Waals surface area contributed by atoms with Crippen LogP contribution in [0.25, 0.3) is 6.08 Å². The van der Waals surface area contributed by atoms with Crippen molar-refractivity contribution in [3.8, 4) is 5.75 Å². The molecular weight excluding hydrogens is 440 g/mol. The summed E-state index contributed by atoms with van der Waals surface area (Å²) in [7, 11) is 0. The largest absolute Gasteiger partial charge is 0.493 e. The van der Waals surface area contributed by atoms with E-state index in [2.05, 4.69) is 19.1 Å². The van der Waals surface area contributed by atoms with Crippen molar-refractivity contribution in [1.29, 1.82) is 0 Å². The second kappa shape index (κ2) is 13.1. The Morgan fingerprint density at radius 3 is 2.06 bits per heavy atom. The van der Waals surface area contributed by atoms with Crippen molar-refractivity contribution < 1.29 is 24.5 Å². The summed E-state index contributed by atoms with van der Waals surface area (Å²) in [5, 5.41) is 18.3. The summed E-state index contributed by atoms with van der Waals surface area (Å²) in [6.07, 6.45) is 8.81. The number of hydrogen-bond donors (Lipinski definition) is 2. The fourth-order valence-electron chi connectivity index (χ4n) is 3.83. The lowest BCUT2D eigenvalue weighted by atomic mass is 9.91. The molecule has 1 unspecified atom stereocenters. The van der Waals surface area contributed by atoms with Gasteiger partial charge in [-0.3, -0.25) is 0 Å². The minimum Gasteiger partial charge on any atom is -0.493 e. The predicted molar refractivity (Wildman–Crippen MR) is 138 cm³/mol. The van der Waals surface area contributed by atoms with E-state index in [-0.39, 0.29) is 17.0 Å². The zero-order chi connectivity index (χ0) is 25.0. The molecule has 0 heterocycles. The fourth-order valence-corrected chi connectivity index (χ4v) is 3.83. The van der Waals surface area contributed by atoms with E-state index in [1.54, 1.807) is 24.3 Å². The van der Waals surface area contributed by atoms with E-state index in [0.29, 0.717) is 6.61 Å². The number of allylic oxidation sites excluding steroid dienone is 1. The summed E-state index contributed by atoms with van der Waals surface area (Å²) in [5.74, 6) is -0.793. The third kappa shape index (κ3) is 8.14. The van der Waals surface area contributed by atoms with Crippen molar-refractivity contribution in [2.45, 2.75) is 39.0 Å². The first-order valence-electron chi connectivity index (χ1n) is 12.0. The molecule has 1 atom stereocenters. The summed E-state index contributed by atoms with van der Waals surface area (Å²) in [5.41, 5.74) is 3.73. The summed E-state index contributed by atoms with van der Waals surface area (Å²) in [6, 6.07) is 22.0. The molecule has 2 N–H and O–H groups in total. The fraction of sp³-hybridized carbons (Fsp3) is 0.267. The summed E-state index contributed by atoms with van der Waals surface area (Å²) in [4.78, 5) is 22.3. The van der Waals surface area contributed by atoms with Crippen molar-refractivity contribution in [2.75, 3.05) is 6.61 Å². The van der Waals surface area contributed by atoms with Gasteiger partial charge in [-0.05, 0) is 73.1 Å². The van der Waals surface area contributed by atoms with Gasteiger partial charge in [0.25, 0.3) is 0 Å². The highest BCUT2D eigenvalue weighted by atomic mass is 16.5. The van der Waals surface area contributed by atoms with E-state index in [9.17, 15) is 14.7 Å². The third-order valence-corrected chi connectivity index (χ3v) is 5.93. The van der Waals surface area contributed by atoms with Crippen LogP contribution >= 0.6 is 0 Å². The molecule has 5 nitrogen and oxygen atoms in total. The molecule has 0 amide bonds. The molecule has 3 aromatic rings. The van der Waals surface area contributed by atoms with Crippen LogP contribution < -0.4 is 4.74 Å². The van der Waals surface area contributed by atoms with E-state index >= 15 is 0 Å². The summed E-state index contributed by atoms with van der Waals surface area (Å²) in [6.45, 7) is 2.82. The molecule has 0 bridgehead atoms. The van der Waals surface area contributed by atoms with Gasteiger partial charge >= 0.3 is 11.9 Å². The second-order valence-corrected chi connectivity index (χ2v) is 8.61. The van der Waals surface area contributed by atoms with Crippen LogP contribution in [0.3, 0.4) is 0 Å². The molecule has 0 saturated carbocycles. The van der Waals surface area contributed by atoms with Crippen molar-refractivity contribution in [2.24, 2.45) is 5.92 Å². The lowest BCUT2D eigenvalue weighted by Gasteiger charge is -2.15. The predicted octanol–water partition coefficient (Wildman–Crippen LogP) is 6.77. The van der Waals surface area contributed by atoms with Gasteiger partial charge in [0.15, 0.2) is 0 Å². The molecule has 0 spiro atoms. The van der Waals surface area contributed by atoms with Crippen molar-refractivity contribution in [1.82, 2.24) is 0 Å². The van der Waals surface area contributed by atoms with Gasteiger partial charge in [-0.25, -0.2) is 9.59 Å². The van der Waals surface area contributed by atoms with Gasteiger partial charge < -0.3 is 14.9 Å². The average Bonchev–Trinajstić information content (AvgIpc) is 2.87. The number of carboxylic acids is 2. The molecule has 5 heteroatoms. The molecule has 0 radical (unpaired) electrons. The first-order valence-corrected chi connectivity index (χ1v) is 12.0. The van der Waals surface area contributed by atoms with Gasteiger partial charge in [-0.1, -0.05) is 68.0 Å². The maximum Gasteiger partial charge on any atom is 0.335 e. The topological polar surface area (TPSA) is 83.8 Å². The van der Waals surface area contributed by atoms with Crippen molar-refractivity contribution in [3.05, 3.63) is 107 Å². The molecule has 0 saturated heterocycles. The van der Waals surface area contributed by atoms with Gasteiger partial charge in [0.1, 0.15) is 5.75 Å². The van der Waals surface area contributed by atoms with Gasteiger partial charge in [-0.2, -0.15) is 0 Å². The van der Waals surface area contributed by atoms with Crippen molar-refractivity contribution >= 4 is 18.0 Å². The molecular formula is C30H32O5. The van der Waals surface area contributed by atoms with Gasteiger partial charge in [0, 0.05) is 5.56 Å². The minimum atomic E-state index is -0.933. The number of hydrogen-bond acceptors (Lipinski definition) is 3. The first kappa shape index (κ1) is 25.8. The quantitative estimate of drug-likeness (QED) is 0.268. The minimum absolute atomic E-state index is 0.202. The Hall–Kier alpha value is -3.86. The number of ether oxygens (including phenoxy) is 1. The van der Waals surface area contributed by atoms with Gasteiger partial charge in [-0.15, -0.1) is 0 Å². The van der Waals surface area contributed by atoms with Crippen LogP contribution in [0.2, 0.25) is 0 Å². The number of carbonyl (C=O) groups is 2. The maximum absolute atomic E-state index is 11.2. The number of aryl methyl sites for hydroxylation is 1.